The number of carbonyl (C=O) groups is 2. The molecule has 0 aliphatic carbocycles. The summed E-state index contributed by atoms with van der Waals surface area (Å²) in [5.41, 5.74) is 5.93. The molecule has 1 aliphatic rings. The van der Waals surface area contributed by atoms with Gasteiger partial charge in [-0.3, -0.25) is 9.59 Å². The zero-order valence-electron chi connectivity index (χ0n) is 13.6. The van der Waals surface area contributed by atoms with Crippen LogP contribution in [-0.4, -0.2) is 41.9 Å². The lowest BCUT2D eigenvalue weighted by Gasteiger charge is -2.34. The summed E-state index contributed by atoms with van der Waals surface area (Å²) in [5, 5.41) is 3.02. The van der Waals surface area contributed by atoms with Gasteiger partial charge >= 0.3 is 0 Å². The van der Waals surface area contributed by atoms with Crippen LogP contribution in [0.25, 0.3) is 0 Å². The Kier molecular flexibility index (Phi) is 8.90. The minimum Gasteiger partial charge on any atom is -0.352 e. The molecular formula is C15H30ClN3O2. The van der Waals surface area contributed by atoms with Gasteiger partial charge in [-0.15, -0.1) is 12.4 Å². The first kappa shape index (κ1) is 20.2. The monoisotopic (exact) mass is 319 g/mol. The Balaban J connectivity index is 0.00000400. The van der Waals surface area contributed by atoms with Gasteiger partial charge in [0.2, 0.25) is 11.8 Å². The normalized spacial score (nSPS) is 18.9. The number of likely N-dealkylation sites (tertiary alicyclic amines) is 1. The molecule has 0 aromatic carbocycles. The first-order chi connectivity index (χ1) is 9.36. The van der Waals surface area contributed by atoms with Gasteiger partial charge in [-0.25, -0.2) is 0 Å². The van der Waals surface area contributed by atoms with E-state index in [0.29, 0.717) is 0 Å². The predicted molar refractivity (Wildman–Crippen MR) is 87.3 cm³/mol. The van der Waals surface area contributed by atoms with Gasteiger partial charge in [0.25, 0.3) is 0 Å². The number of nitrogens with zero attached hydrogens (tertiary/aromatic N) is 1. The van der Waals surface area contributed by atoms with Crippen LogP contribution in [0.4, 0.5) is 0 Å². The van der Waals surface area contributed by atoms with Crippen LogP contribution in [-0.2, 0) is 9.59 Å². The number of halogens is 1. The smallest absolute Gasteiger partial charge is 0.237 e. The maximum atomic E-state index is 12.0. The average molecular weight is 320 g/mol. The third kappa shape index (κ3) is 5.83. The quantitative estimate of drug-likeness (QED) is 0.807. The zero-order chi connectivity index (χ0) is 15.3. The molecule has 1 fully saturated rings. The lowest BCUT2D eigenvalue weighted by atomic mass is 9.97. The van der Waals surface area contributed by atoms with Gasteiger partial charge in [0.05, 0.1) is 6.04 Å². The summed E-state index contributed by atoms with van der Waals surface area (Å²) < 4.78 is 0. The molecule has 0 spiro atoms. The van der Waals surface area contributed by atoms with Crippen molar-refractivity contribution in [1.82, 2.24) is 10.2 Å². The molecule has 1 rings (SSSR count). The van der Waals surface area contributed by atoms with E-state index in [-0.39, 0.29) is 42.1 Å². The zero-order valence-corrected chi connectivity index (χ0v) is 14.4. The lowest BCUT2D eigenvalue weighted by Crippen LogP contribution is -2.52. The van der Waals surface area contributed by atoms with Crippen molar-refractivity contribution in [3.05, 3.63) is 0 Å². The van der Waals surface area contributed by atoms with Crippen molar-refractivity contribution in [1.29, 1.82) is 0 Å². The van der Waals surface area contributed by atoms with Crippen LogP contribution in [0.2, 0.25) is 0 Å². The van der Waals surface area contributed by atoms with Gasteiger partial charge in [0.15, 0.2) is 0 Å². The van der Waals surface area contributed by atoms with Crippen LogP contribution in [0.15, 0.2) is 0 Å². The highest BCUT2D eigenvalue weighted by molar-refractivity contribution is 5.85. The highest BCUT2D eigenvalue weighted by Gasteiger charge is 2.27. The average Bonchev–Trinajstić information content (AvgIpc) is 2.45. The molecule has 6 heteroatoms. The molecule has 21 heavy (non-hydrogen) atoms. The summed E-state index contributed by atoms with van der Waals surface area (Å²) in [4.78, 5) is 25.8. The summed E-state index contributed by atoms with van der Waals surface area (Å²) in [6, 6.07) is -0.288. The van der Waals surface area contributed by atoms with Crippen molar-refractivity contribution < 1.29 is 9.59 Å². The molecule has 0 aromatic rings. The predicted octanol–water partition coefficient (Wildman–Crippen LogP) is 1.54. The van der Waals surface area contributed by atoms with E-state index < -0.39 is 6.04 Å². The van der Waals surface area contributed by atoms with Gasteiger partial charge in [0, 0.05) is 25.0 Å². The third-order valence-electron chi connectivity index (χ3n) is 4.21. The highest BCUT2D eigenvalue weighted by Crippen LogP contribution is 2.14. The first-order valence-corrected chi connectivity index (χ1v) is 7.71. The fourth-order valence-electron chi connectivity index (χ4n) is 2.42. The van der Waals surface area contributed by atoms with Crippen LogP contribution in [0.1, 0.15) is 47.0 Å². The van der Waals surface area contributed by atoms with Gasteiger partial charge in [-0.2, -0.15) is 0 Å². The Morgan fingerprint density at radius 2 is 1.76 bits per heavy atom. The van der Waals surface area contributed by atoms with Crippen molar-refractivity contribution in [3.63, 3.8) is 0 Å². The second-order valence-corrected chi connectivity index (χ2v) is 6.17. The van der Waals surface area contributed by atoms with E-state index in [1.54, 1.807) is 0 Å². The number of amides is 2. The number of rotatable bonds is 5. The number of nitrogens with two attached hydrogens (primary N) is 1. The Morgan fingerprint density at radius 3 is 2.19 bits per heavy atom. The Bertz CT molecular complexity index is 342. The largest absolute Gasteiger partial charge is 0.352 e. The summed E-state index contributed by atoms with van der Waals surface area (Å²) in [7, 11) is 0. The van der Waals surface area contributed by atoms with E-state index in [1.165, 1.54) is 0 Å². The molecule has 2 amide bonds. The van der Waals surface area contributed by atoms with E-state index >= 15 is 0 Å². The molecule has 1 saturated heterocycles. The van der Waals surface area contributed by atoms with E-state index in [9.17, 15) is 9.59 Å². The van der Waals surface area contributed by atoms with E-state index in [4.69, 9.17) is 5.73 Å². The van der Waals surface area contributed by atoms with Gasteiger partial charge < -0.3 is 16.0 Å². The molecule has 0 saturated carbocycles. The van der Waals surface area contributed by atoms with Crippen LogP contribution >= 0.6 is 12.4 Å². The maximum absolute atomic E-state index is 12.0. The lowest BCUT2D eigenvalue weighted by molar-refractivity contribution is -0.135. The molecule has 0 aromatic heterocycles. The number of hydrogen-bond acceptors (Lipinski definition) is 3. The van der Waals surface area contributed by atoms with E-state index in [2.05, 4.69) is 5.32 Å². The second kappa shape index (κ2) is 9.26. The van der Waals surface area contributed by atoms with Crippen molar-refractivity contribution in [2.75, 3.05) is 13.1 Å². The number of nitrogens with one attached hydrogen (secondary N) is 1. The standard InChI is InChI=1S/C15H29N3O2.ClH/c1-5-11(4)13(16)14(19)17-12-6-8-18(9-7-12)15(20)10(2)3;/h10-13H,5-9,16H2,1-4H3,(H,17,19);1H. The molecule has 124 valence electrons. The Morgan fingerprint density at radius 1 is 1.24 bits per heavy atom. The summed E-state index contributed by atoms with van der Waals surface area (Å²) in [6.07, 6.45) is 2.53. The van der Waals surface area contributed by atoms with Crippen LogP contribution in [0.3, 0.4) is 0 Å². The number of hydrogen-bond donors (Lipinski definition) is 2. The minimum atomic E-state index is -0.435. The third-order valence-corrected chi connectivity index (χ3v) is 4.21. The van der Waals surface area contributed by atoms with Crippen molar-refractivity contribution in [2.24, 2.45) is 17.6 Å². The SMILES string of the molecule is CCC(C)C(N)C(=O)NC1CCN(C(=O)C(C)C)CC1.Cl. The molecule has 5 nitrogen and oxygen atoms in total. The molecule has 2 atom stereocenters. The van der Waals surface area contributed by atoms with E-state index in [1.807, 2.05) is 32.6 Å². The topological polar surface area (TPSA) is 75.4 Å². The summed E-state index contributed by atoms with van der Waals surface area (Å²) in [5.74, 6) is 0.372. The number of piperidine rings is 1. The van der Waals surface area contributed by atoms with Crippen LogP contribution in [0, 0.1) is 11.8 Å². The molecule has 2 unspecified atom stereocenters. The maximum Gasteiger partial charge on any atom is 0.237 e. The van der Waals surface area contributed by atoms with Crippen molar-refractivity contribution in [2.45, 2.75) is 59.0 Å². The molecule has 0 radical (unpaired) electrons. The minimum absolute atomic E-state index is 0. The molecule has 1 heterocycles. The van der Waals surface area contributed by atoms with E-state index in [0.717, 1.165) is 32.4 Å². The fraction of sp³-hybridized carbons (Fsp3) is 0.867. The van der Waals surface area contributed by atoms with Crippen LogP contribution < -0.4 is 11.1 Å². The molecule has 3 N–H and O–H groups in total. The van der Waals surface area contributed by atoms with Crippen molar-refractivity contribution >= 4 is 24.2 Å². The molecule has 0 bridgehead atoms. The Hall–Kier alpha value is -0.810. The summed E-state index contributed by atoms with van der Waals surface area (Å²) in [6.45, 7) is 9.31. The van der Waals surface area contributed by atoms with Gasteiger partial charge in [-0.1, -0.05) is 34.1 Å². The van der Waals surface area contributed by atoms with Crippen LogP contribution in [0.5, 0.6) is 0 Å². The molecular weight excluding hydrogens is 290 g/mol. The first-order valence-electron chi connectivity index (χ1n) is 7.71. The van der Waals surface area contributed by atoms with Crippen molar-refractivity contribution in [3.8, 4) is 0 Å². The van der Waals surface area contributed by atoms with Gasteiger partial charge in [-0.05, 0) is 18.8 Å². The van der Waals surface area contributed by atoms with Gasteiger partial charge in [0.1, 0.15) is 0 Å². The highest BCUT2D eigenvalue weighted by atomic mass is 35.5. The fourth-order valence-corrected chi connectivity index (χ4v) is 2.42. The molecule has 1 aliphatic heterocycles. The Labute approximate surface area is 134 Å². The number of carbonyl (C=O) groups excluding carboxylic acids is 2. The second-order valence-electron chi connectivity index (χ2n) is 6.17. The summed E-state index contributed by atoms with van der Waals surface area (Å²) >= 11 is 0.